The molecule has 0 atom stereocenters. The fourth-order valence-corrected chi connectivity index (χ4v) is 3.41. The van der Waals surface area contributed by atoms with Crippen LogP contribution in [-0.4, -0.2) is 41.9 Å². The van der Waals surface area contributed by atoms with E-state index >= 15 is 0 Å². The fraction of sp³-hybridized carbons (Fsp3) is 0.444. The third-order valence-corrected chi connectivity index (χ3v) is 4.51. The number of anilines is 1. The molecule has 3 rings (SSSR count). The summed E-state index contributed by atoms with van der Waals surface area (Å²) in [5.74, 6) is -1.07. The summed E-state index contributed by atoms with van der Waals surface area (Å²) in [6.45, 7) is 8.16. The largest absolute Gasteiger partial charge is 0.477 e. The number of para-hydroxylation sites is 1. The second kappa shape index (κ2) is 6.28. The average molecular weight is 330 g/mol. The van der Waals surface area contributed by atoms with Crippen molar-refractivity contribution in [3.8, 4) is 0 Å². The number of hydrogen-bond donors (Lipinski definition) is 1. The minimum absolute atomic E-state index is 0.0724. The molecular formula is C18H22N2O4. The Morgan fingerprint density at radius 1 is 1.25 bits per heavy atom. The Bertz CT molecular complexity index is 848. The van der Waals surface area contributed by atoms with Gasteiger partial charge in [0.15, 0.2) is 5.43 Å². The summed E-state index contributed by atoms with van der Waals surface area (Å²) in [7, 11) is 0. The van der Waals surface area contributed by atoms with Crippen LogP contribution in [0.1, 0.15) is 35.9 Å². The highest BCUT2D eigenvalue weighted by molar-refractivity contribution is 5.97. The molecule has 1 N–H and O–H groups in total. The van der Waals surface area contributed by atoms with Gasteiger partial charge in [0.25, 0.3) is 0 Å². The standard InChI is InChI=1S/C18H22N2O4/c1-11(2)20-15(18(22)23)12(3)17(21)13-5-4-6-14(16(13)20)19-7-9-24-10-8-19/h4-6,11H,7-10H2,1-3H3,(H,22,23). The second-order valence-corrected chi connectivity index (χ2v) is 6.34. The first-order chi connectivity index (χ1) is 11.4. The van der Waals surface area contributed by atoms with Crippen molar-refractivity contribution in [2.45, 2.75) is 26.8 Å². The maximum absolute atomic E-state index is 12.7. The number of morpholine rings is 1. The number of carbonyl (C=O) groups is 1. The lowest BCUT2D eigenvalue weighted by atomic mass is 10.0. The van der Waals surface area contributed by atoms with Crippen molar-refractivity contribution < 1.29 is 14.6 Å². The number of nitrogens with zero attached hydrogens (tertiary/aromatic N) is 2. The van der Waals surface area contributed by atoms with Gasteiger partial charge in [-0.15, -0.1) is 0 Å². The van der Waals surface area contributed by atoms with Crippen LogP contribution in [0.5, 0.6) is 0 Å². The van der Waals surface area contributed by atoms with E-state index in [1.807, 2.05) is 26.0 Å². The van der Waals surface area contributed by atoms with Crippen LogP contribution in [0, 0.1) is 6.92 Å². The summed E-state index contributed by atoms with van der Waals surface area (Å²) in [4.78, 5) is 26.7. The predicted octanol–water partition coefficient (Wildman–Crippen LogP) is 2.43. The van der Waals surface area contributed by atoms with Crippen LogP contribution in [0.25, 0.3) is 10.9 Å². The normalized spacial score (nSPS) is 15.2. The van der Waals surface area contributed by atoms with Crippen LogP contribution in [-0.2, 0) is 4.74 Å². The molecule has 0 amide bonds. The zero-order chi connectivity index (χ0) is 17.4. The Labute approximate surface area is 140 Å². The third-order valence-electron chi connectivity index (χ3n) is 4.51. The molecule has 2 aromatic rings. The highest BCUT2D eigenvalue weighted by atomic mass is 16.5. The van der Waals surface area contributed by atoms with Crippen LogP contribution >= 0.6 is 0 Å². The number of ether oxygens (including phenoxy) is 1. The van der Waals surface area contributed by atoms with Crippen molar-refractivity contribution >= 4 is 22.6 Å². The molecule has 6 heteroatoms. The van der Waals surface area contributed by atoms with Crippen molar-refractivity contribution in [1.29, 1.82) is 0 Å². The molecule has 1 aromatic heterocycles. The van der Waals surface area contributed by atoms with Gasteiger partial charge in [0.1, 0.15) is 5.69 Å². The molecule has 1 aliphatic heterocycles. The van der Waals surface area contributed by atoms with Crippen molar-refractivity contribution in [1.82, 2.24) is 4.57 Å². The van der Waals surface area contributed by atoms with Crippen LogP contribution in [0.3, 0.4) is 0 Å². The average Bonchev–Trinajstić information content (AvgIpc) is 2.57. The van der Waals surface area contributed by atoms with E-state index in [0.717, 1.165) is 18.8 Å². The van der Waals surface area contributed by atoms with Gasteiger partial charge in [-0.05, 0) is 32.9 Å². The Hall–Kier alpha value is -2.34. The first-order valence-corrected chi connectivity index (χ1v) is 8.17. The fourth-order valence-electron chi connectivity index (χ4n) is 3.41. The van der Waals surface area contributed by atoms with E-state index in [-0.39, 0.29) is 22.7 Å². The van der Waals surface area contributed by atoms with Crippen LogP contribution in [0.2, 0.25) is 0 Å². The molecule has 128 valence electrons. The van der Waals surface area contributed by atoms with E-state index in [1.165, 1.54) is 0 Å². The lowest BCUT2D eigenvalue weighted by Gasteiger charge is -2.31. The Balaban J connectivity index is 2.43. The van der Waals surface area contributed by atoms with Gasteiger partial charge in [-0.1, -0.05) is 6.07 Å². The van der Waals surface area contributed by atoms with Crippen LogP contribution in [0.4, 0.5) is 5.69 Å². The number of hydrogen-bond acceptors (Lipinski definition) is 4. The van der Waals surface area contributed by atoms with Gasteiger partial charge in [0.2, 0.25) is 0 Å². The van der Waals surface area contributed by atoms with Gasteiger partial charge in [0.05, 0.1) is 24.4 Å². The quantitative estimate of drug-likeness (QED) is 0.936. The number of aromatic nitrogens is 1. The van der Waals surface area contributed by atoms with Crippen LogP contribution in [0.15, 0.2) is 23.0 Å². The molecule has 1 aromatic carbocycles. The number of benzene rings is 1. The second-order valence-electron chi connectivity index (χ2n) is 6.34. The Kier molecular flexibility index (Phi) is 4.32. The molecule has 0 unspecified atom stereocenters. The van der Waals surface area contributed by atoms with Gasteiger partial charge < -0.3 is 19.3 Å². The number of aromatic carboxylic acids is 1. The number of carboxylic acids is 1. The molecule has 0 bridgehead atoms. The zero-order valence-electron chi connectivity index (χ0n) is 14.2. The Morgan fingerprint density at radius 2 is 1.92 bits per heavy atom. The van der Waals surface area contributed by atoms with E-state index in [2.05, 4.69) is 4.90 Å². The lowest BCUT2D eigenvalue weighted by molar-refractivity contribution is 0.0682. The Morgan fingerprint density at radius 3 is 2.50 bits per heavy atom. The van der Waals surface area contributed by atoms with Gasteiger partial charge in [-0.2, -0.15) is 0 Å². The van der Waals surface area contributed by atoms with Crippen molar-refractivity contribution in [2.24, 2.45) is 0 Å². The summed E-state index contributed by atoms with van der Waals surface area (Å²) in [6, 6.07) is 5.51. The maximum atomic E-state index is 12.7. The summed E-state index contributed by atoms with van der Waals surface area (Å²) in [5.41, 5.74) is 1.73. The van der Waals surface area contributed by atoms with Crippen molar-refractivity contribution in [2.75, 3.05) is 31.2 Å². The molecule has 1 fully saturated rings. The van der Waals surface area contributed by atoms with E-state index in [1.54, 1.807) is 17.6 Å². The molecule has 0 spiro atoms. The van der Waals surface area contributed by atoms with Gasteiger partial charge in [-0.25, -0.2) is 4.79 Å². The highest BCUT2D eigenvalue weighted by Gasteiger charge is 2.24. The topological polar surface area (TPSA) is 71.8 Å². The number of rotatable bonds is 3. The highest BCUT2D eigenvalue weighted by Crippen LogP contribution is 2.30. The van der Waals surface area contributed by atoms with Crippen molar-refractivity contribution in [3.05, 3.63) is 39.7 Å². The molecule has 1 aliphatic rings. The molecule has 1 saturated heterocycles. The molecule has 2 heterocycles. The summed E-state index contributed by atoms with van der Waals surface area (Å²) >= 11 is 0. The van der Waals surface area contributed by atoms with E-state index in [4.69, 9.17) is 4.74 Å². The maximum Gasteiger partial charge on any atom is 0.352 e. The molecule has 0 radical (unpaired) electrons. The minimum atomic E-state index is -1.07. The molecule has 0 saturated carbocycles. The first-order valence-electron chi connectivity index (χ1n) is 8.17. The number of pyridine rings is 1. The molecular weight excluding hydrogens is 308 g/mol. The predicted molar refractivity (Wildman–Crippen MR) is 93.3 cm³/mol. The number of carboxylic acid groups (broad SMARTS) is 1. The van der Waals surface area contributed by atoms with E-state index in [9.17, 15) is 14.7 Å². The van der Waals surface area contributed by atoms with Crippen LogP contribution < -0.4 is 10.3 Å². The summed E-state index contributed by atoms with van der Waals surface area (Å²) in [6.07, 6.45) is 0. The number of fused-ring (bicyclic) bond motifs is 1. The third kappa shape index (κ3) is 2.57. The van der Waals surface area contributed by atoms with Gasteiger partial charge >= 0.3 is 5.97 Å². The van der Waals surface area contributed by atoms with E-state index < -0.39 is 5.97 Å². The van der Waals surface area contributed by atoms with Gasteiger partial charge in [0, 0.05) is 30.1 Å². The van der Waals surface area contributed by atoms with E-state index in [0.29, 0.717) is 24.1 Å². The molecule has 0 aliphatic carbocycles. The first kappa shape index (κ1) is 16.5. The SMILES string of the molecule is Cc1c(C(=O)O)n(C(C)C)c2c(N3CCOCC3)cccc2c1=O. The van der Waals surface area contributed by atoms with Crippen molar-refractivity contribution in [3.63, 3.8) is 0 Å². The monoisotopic (exact) mass is 330 g/mol. The molecule has 24 heavy (non-hydrogen) atoms. The summed E-state index contributed by atoms with van der Waals surface area (Å²) < 4.78 is 7.19. The smallest absolute Gasteiger partial charge is 0.352 e. The summed E-state index contributed by atoms with van der Waals surface area (Å²) in [5, 5.41) is 10.3. The zero-order valence-corrected chi connectivity index (χ0v) is 14.2. The lowest BCUT2D eigenvalue weighted by Crippen LogP contribution is -2.37. The van der Waals surface area contributed by atoms with Gasteiger partial charge in [-0.3, -0.25) is 4.79 Å². The minimum Gasteiger partial charge on any atom is -0.477 e. The molecule has 6 nitrogen and oxygen atoms in total.